The Balaban J connectivity index is 4.36. The van der Waals surface area contributed by atoms with E-state index in [1.807, 2.05) is 0 Å². The highest BCUT2D eigenvalue weighted by atomic mass is 16.6. The van der Waals surface area contributed by atoms with E-state index in [1.165, 1.54) is 167 Å². The van der Waals surface area contributed by atoms with Crippen LogP contribution in [-0.4, -0.2) is 37.2 Å². The first-order valence-electron chi connectivity index (χ1n) is 31.9. The second kappa shape index (κ2) is 62.4. The Bertz CT molecular complexity index is 1370. The third-order valence-electron chi connectivity index (χ3n) is 13.9. The molecule has 0 aromatic rings. The summed E-state index contributed by atoms with van der Waals surface area (Å²) in [5.74, 6) is -0.896. The molecule has 74 heavy (non-hydrogen) atoms. The summed E-state index contributed by atoms with van der Waals surface area (Å²) in [6, 6.07) is 0. The van der Waals surface area contributed by atoms with Gasteiger partial charge in [0, 0.05) is 19.3 Å². The van der Waals surface area contributed by atoms with Crippen molar-refractivity contribution in [1.82, 2.24) is 0 Å². The van der Waals surface area contributed by atoms with Crippen LogP contribution in [0, 0.1) is 0 Å². The molecule has 6 heteroatoms. The first-order chi connectivity index (χ1) is 36.5. The van der Waals surface area contributed by atoms with Gasteiger partial charge in [0.1, 0.15) is 13.2 Å². The standard InChI is InChI=1S/C68H120O6/c1-4-7-10-13-16-19-22-25-28-30-32-33-34-36-37-40-43-46-49-52-55-58-61-67(70)73-64-65(63-72-66(69)60-57-54-51-48-45-42-39-27-24-21-18-15-12-9-6-3)74-68(71)62-59-56-53-50-47-44-41-38-35-31-29-26-23-20-17-14-11-8-5-2/h8,11,17-18,20-21,26-27,29,35,38-39,65H,4-7,9-10,12-16,19,22-25,28,30-34,36-37,40-64H2,1-3H3/b11-8-,20-17-,21-18-,29-26-,38-35-,39-27-. The Morgan fingerprint density at radius 3 is 0.851 bits per heavy atom. The summed E-state index contributed by atoms with van der Waals surface area (Å²) in [6.07, 6.45) is 80.5. The van der Waals surface area contributed by atoms with Gasteiger partial charge >= 0.3 is 17.9 Å². The molecule has 0 spiro atoms. The van der Waals surface area contributed by atoms with E-state index >= 15 is 0 Å². The molecule has 0 radical (unpaired) electrons. The van der Waals surface area contributed by atoms with Crippen molar-refractivity contribution in [3.05, 3.63) is 72.9 Å². The fourth-order valence-corrected chi connectivity index (χ4v) is 9.17. The van der Waals surface area contributed by atoms with Gasteiger partial charge in [0.25, 0.3) is 0 Å². The number of rotatable bonds is 58. The molecule has 0 rings (SSSR count). The van der Waals surface area contributed by atoms with E-state index in [1.54, 1.807) is 0 Å². The predicted octanol–water partition coefficient (Wildman–Crippen LogP) is 21.7. The Morgan fingerprint density at radius 2 is 0.527 bits per heavy atom. The lowest BCUT2D eigenvalue weighted by molar-refractivity contribution is -0.167. The minimum Gasteiger partial charge on any atom is -0.462 e. The molecule has 0 aliphatic rings. The average molecular weight is 1030 g/mol. The summed E-state index contributed by atoms with van der Waals surface area (Å²) in [6.45, 7) is 6.52. The molecule has 0 aliphatic heterocycles. The molecule has 6 nitrogen and oxygen atoms in total. The van der Waals surface area contributed by atoms with Crippen molar-refractivity contribution in [1.29, 1.82) is 0 Å². The fraction of sp³-hybridized carbons (Fsp3) is 0.779. The summed E-state index contributed by atoms with van der Waals surface area (Å²) in [7, 11) is 0. The lowest BCUT2D eigenvalue weighted by atomic mass is 10.0. The normalized spacial score (nSPS) is 12.5. The number of carbonyl (C=O) groups is 3. The highest BCUT2D eigenvalue weighted by Crippen LogP contribution is 2.17. The zero-order valence-electron chi connectivity index (χ0n) is 49.1. The lowest BCUT2D eigenvalue weighted by Crippen LogP contribution is -2.30. The molecule has 0 N–H and O–H groups in total. The van der Waals surface area contributed by atoms with E-state index in [4.69, 9.17) is 14.2 Å². The van der Waals surface area contributed by atoms with Crippen molar-refractivity contribution < 1.29 is 28.6 Å². The minimum atomic E-state index is -0.789. The van der Waals surface area contributed by atoms with Gasteiger partial charge in [0.05, 0.1) is 0 Å². The zero-order chi connectivity index (χ0) is 53.6. The number of carbonyl (C=O) groups excluding carboxylic acids is 3. The molecule has 0 heterocycles. The first kappa shape index (κ1) is 70.8. The number of allylic oxidation sites excluding steroid dienone is 12. The second-order valence-corrected chi connectivity index (χ2v) is 21.3. The summed E-state index contributed by atoms with van der Waals surface area (Å²) >= 11 is 0. The quantitative estimate of drug-likeness (QED) is 0.0261. The van der Waals surface area contributed by atoms with Gasteiger partial charge in [-0.1, -0.05) is 286 Å². The van der Waals surface area contributed by atoms with Gasteiger partial charge in [-0.05, 0) is 89.9 Å². The van der Waals surface area contributed by atoms with Crippen molar-refractivity contribution in [2.45, 2.75) is 329 Å². The maximum Gasteiger partial charge on any atom is 0.306 e. The molecule has 0 aromatic heterocycles. The van der Waals surface area contributed by atoms with Crippen LogP contribution in [0.2, 0.25) is 0 Å². The molecular weight excluding hydrogens is 913 g/mol. The molecular formula is C68H120O6. The minimum absolute atomic E-state index is 0.0832. The molecule has 1 unspecified atom stereocenters. The lowest BCUT2D eigenvalue weighted by Gasteiger charge is -2.18. The van der Waals surface area contributed by atoms with Gasteiger partial charge < -0.3 is 14.2 Å². The smallest absolute Gasteiger partial charge is 0.306 e. The topological polar surface area (TPSA) is 78.9 Å². The van der Waals surface area contributed by atoms with Crippen molar-refractivity contribution in [2.24, 2.45) is 0 Å². The van der Waals surface area contributed by atoms with E-state index in [2.05, 4.69) is 93.7 Å². The van der Waals surface area contributed by atoms with Gasteiger partial charge in [-0.25, -0.2) is 0 Å². The van der Waals surface area contributed by atoms with Gasteiger partial charge in [0.15, 0.2) is 6.10 Å². The van der Waals surface area contributed by atoms with Crippen LogP contribution in [0.4, 0.5) is 0 Å². The number of esters is 3. The highest BCUT2D eigenvalue weighted by Gasteiger charge is 2.19. The Morgan fingerprint density at radius 1 is 0.284 bits per heavy atom. The Kier molecular flexibility index (Phi) is 59.7. The number of hydrogen-bond donors (Lipinski definition) is 0. The third-order valence-corrected chi connectivity index (χ3v) is 13.9. The van der Waals surface area contributed by atoms with Gasteiger partial charge in [0.2, 0.25) is 0 Å². The molecule has 0 aliphatic carbocycles. The predicted molar refractivity (Wildman–Crippen MR) is 321 cm³/mol. The van der Waals surface area contributed by atoms with Crippen LogP contribution >= 0.6 is 0 Å². The highest BCUT2D eigenvalue weighted by molar-refractivity contribution is 5.71. The molecule has 0 aromatic carbocycles. The van der Waals surface area contributed by atoms with Crippen LogP contribution in [0.3, 0.4) is 0 Å². The van der Waals surface area contributed by atoms with Crippen LogP contribution in [0.5, 0.6) is 0 Å². The van der Waals surface area contributed by atoms with Gasteiger partial charge in [-0.3, -0.25) is 14.4 Å². The summed E-state index contributed by atoms with van der Waals surface area (Å²) in [5, 5.41) is 0. The largest absolute Gasteiger partial charge is 0.462 e. The SMILES string of the molecule is CC/C=C\C/C=C\C/C=C\C/C=C\CCCCCCCCC(=O)OC(COC(=O)CCCCCCC/C=C\C/C=C\CCCCC)COC(=O)CCCCCCCCCCCCCCCCCCCCCCCC. The average Bonchev–Trinajstić information content (AvgIpc) is 3.40. The molecule has 0 amide bonds. The number of hydrogen-bond acceptors (Lipinski definition) is 6. The first-order valence-corrected chi connectivity index (χ1v) is 31.9. The molecule has 1 atom stereocenters. The third kappa shape index (κ3) is 59.7. The Labute approximate surface area is 459 Å². The summed E-state index contributed by atoms with van der Waals surface area (Å²) < 4.78 is 16.9. The Hall–Kier alpha value is -3.15. The number of ether oxygens (including phenoxy) is 3. The maximum absolute atomic E-state index is 12.9. The van der Waals surface area contributed by atoms with Crippen LogP contribution < -0.4 is 0 Å². The van der Waals surface area contributed by atoms with Crippen LogP contribution in [0.25, 0.3) is 0 Å². The monoisotopic (exact) mass is 1030 g/mol. The van der Waals surface area contributed by atoms with Crippen molar-refractivity contribution in [3.63, 3.8) is 0 Å². The second-order valence-electron chi connectivity index (χ2n) is 21.3. The van der Waals surface area contributed by atoms with Crippen molar-refractivity contribution in [3.8, 4) is 0 Å². The maximum atomic E-state index is 12.9. The van der Waals surface area contributed by atoms with E-state index < -0.39 is 6.10 Å². The van der Waals surface area contributed by atoms with E-state index in [-0.39, 0.29) is 31.1 Å². The molecule has 0 saturated carbocycles. The van der Waals surface area contributed by atoms with E-state index in [0.717, 1.165) is 116 Å². The van der Waals surface area contributed by atoms with Crippen LogP contribution in [0.1, 0.15) is 323 Å². The fourth-order valence-electron chi connectivity index (χ4n) is 9.17. The molecule has 428 valence electrons. The zero-order valence-corrected chi connectivity index (χ0v) is 49.1. The van der Waals surface area contributed by atoms with Crippen LogP contribution in [0.15, 0.2) is 72.9 Å². The van der Waals surface area contributed by atoms with Crippen LogP contribution in [-0.2, 0) is 28.6 Å². The summed E-state index contributed by atoms with van der Waals surface area (Å²) in [4.78, 5) is 38.3. The molecule has 0 fully saturated rings. The van der Waals surface area contributed by atoms with Gasteiger partial charge in [-0.2, -0.15) is 0 Å². The van der Waals surface area contributed by atoms with Crippen molar-refractivity contribution in [2.75, 3.05) is 13.2 Å². The van der Waals surface area contributed by atoms with Gasteiger partial charge in [-0.15, -0.1) is 0 Å². The van der Waals surface area contributed by atoms with E-state index in [0.29, 0.717) is 19.3 Å². The molecule has 0 bridgehead atoms. The van der Waals surface area contributed by atoms with E-state index in [9.17, 15) is 14.4 Å². The summed E-state index contributed by atoms with van der Waals surface area (Å²) in [5.41, 5.74) is 0. The molecule has 0 saturated heterocycles. The number of unbranched alkanes of at least 4 members (excludes halogenated alkanes) is 35. The van der Waals surface area contributed by atoms with Crippen molar-refractivity contribution >= 4 is 17.9 Å².